The van der Waals surface area contributed by atoms with E-state index in [0.29, 0.717) is 16.0 Å². The van der Waals surface area contributed by atoms with Crippen LogP contribution in [0.5, 0.6) is 0 Å². The van der Waals surface area contributed by atoms with Crippen molar-refractivity contribution in [3.05, 3.63) is 51.3 Å². The second kappa shape index (κ2) is 4.93. The van der Waals surface area contributed by atoms with E-state index in [4.69, 9.17) is 0 Å². The largest absolute Gasteiger partial charge is 0.338 e. The summed E-state index contributed by atoms with van der Waals surface area (Å²) in [6, 6.07) is 8.44. The standard InChI is InChI=1S/C11H7Br2FN2/c12-7-1-3-10(9(14)5-7)16-11-4-2-8(13)6-15-11/h1-6H,(H,15,16). The van der Waals surface area contributed by atoms with Crippen LogP contribution < -0.4 is 5.32 Å². The SMILES string of the molecule is Fc1cc(Br)ccc1Nc1ccc(Br)cn1. The van der Waals surface area contributed by atoms with Crippen LogP contribution >= 0.6 is 31.9 Å². The molecule has 16 heavy (non-hydrogen) atoms. The summed E-state index contributed by atoms with van der Waals surface area (Å²) in [5.74, 6) is 0.281. The van der Waals surface area contributed by atoms with Gasteiger partial charge in [0.2, 0.25) is 0 Å². The lowest BCUT2D eigenvalue weighted by molar-refractivity contribution is 0.631. The summed E-state index contributed by atoms with van der Waals surface area (Å²) in [5.41, 5.74) is 0.401. The third-order valence-electron chi connectivity index (χ3n) is 1.92. The van der Waals surface area contributed by atoms with E-state index in [1.165, 1.54) is 6.07 Å². The molecular weight excluding hydrogens is 339 g/mol. The zero-order valence-corrected chi connectivity index (χ0v) is 11.2. The van der Waals surface area contributed by atoms with E-state index in [0.717, 1.165) is 4.47 Å². The van der Waals surface area contributed by atoms with Gasteiger partial charge in [-0.2, -0.15) is 0 Å². The molecule has 0 radical (unpaired) electrons. The maximum atomic E-state index is 13.5. The van der Waals surface area contributed by atoms with Crippen LogP contribution in [-0.4, -0.2) is 4.98 Å². The molecule has 0 saturated heterocycles. The van der Waals surface area contributed by atoms with Crippen molar-refractivity contribution in [1.82, 2.24) is 4.98 Å². The average molecular weight is 346 g/mol. The lowest BCUT2D eigenvalue weighted by atomic mass is 10.3. The van der Waals surface area contributed by atoms with Crippen LogP contribution in [-0.2, 0) is 0 Å². The zero-order chi connectivity index (χ0) is 11.5. The van der Waals surface area contributed by atoms with Crippen LogP contribution in [0.15, 0.2) is 45.5 Å². The summed E-state index contributed by atoms with van der Waals surface area (Å²) in [6.45, 7) is 0. The molecule has 0 amide bonds. The highest BCUT2D eigenvalue weighted by molar-refractivity contribution is 9.10. The van der Waals surface area contributed by atoms with Crippen LogP contribution in [0.3, 0.4) is 0 Å². The molecule has 1 aromatic carbocycles. The fraction of sp³-hybridized carbons (Fsp3) is 0. The topological polar surface area (TPSA) is 24.9 Å². The van der Waals surface area contributed by atoms with Gasteiger partial charge in [0.05, 0.1) is 5.69 Å². The molecule has 0 saturated carbocycles. The first-order valence-electron chi connectivity index (χ1n) is 4.49. The van der Waals surface area contributed by atoms with Crippen LogP contribution in [0.1, 0.15) is 0 Å². The second-order valence-electron chi connectivity index (χ2n) is 3.11. The Balaban J connectivity index is 2.23. The summed E-state index contributed by atoms with van der Waals surface area (Å²) in [6.07, 6.45) is 1.65. The number of benzene rings is 1. The highest BCUT2D eigenvalue weighted by Gasteiger charge is 2.03. The Labute approximate surface area is 109 Å². The van der Waals surface area contributed by atoms with E-state index in [2.05, 4.69) is 42.2 Å². The fourth-order valence-electron chi connectivity index (χ4n) is 1.18. The number of anilines is 2. The smallest absolute Gasteiger partial charge is 0.147 e. The predicted octanol–water partition coefficient (Wildman–Crippen LogP) is 4.49. The Morgan fingerprint density at radius 2 is 1.81 bits per heavy atom. The number of rotatable bonds is 2. The molecule has 0 aliphatic carbocycles. The van der Waals surface area contributed by atoms with Crippen LogP contribution in [0.25, 0.3) is 0 Å². The number of hydrogen-bond acceptors (Lipinski definition) is 2. The third-order valence-corrected chi connectivity index (χ3v) is 2.88. The first-order chi connectivity index (χ1) is 7.65. The Morgan fingerprint density at radius 3 is 2.44 bits per heavy atom. The summed E-state index contributed by atoms with van der Waals surface area (Å²) in [7, 11) is 0. The van der Waals surface area contributed by atoms with Crippen molar-refractivity contribution in [1.29, 1.82) is 0 Å². The molecule has 0 aliphatic rings. The Hall–Kier alpha value is -0.940. The van der Waals surface area contributed by atoms with Crippen molar-refractivity contribution in [2.24, 2.45) is 0 Å². The highest BCUT2D eigenvalue weighted by atomic mass is 79.9. The molecule has 0 unspecified atom stereocenters. The second-order valence-corrected chi connectivity index (χ2v) is 4.94. The van der Waals surface area contributed by atoms with Crippen LogP contribution in [0, 0.1) is 5.82 Å². The molecule has 1 heterocycles. The number of hydrogen-bond donors (Lipinski definition) is 1. The van der Waals surface area contributed by atoms with Crippen molar-refractivity contribution in [3.63, 3.8) is 0 Å². The summed E-state index contributed by atoms with van der Waals surface area (Å²) in [4.78, 5) is 4.10. The van der Waals surface area contributed by atoms with E-state index >= 15 is 0 Å². The van der Waals surface area contributed by atoms with E-state index in [9.17, 15) is 4.39 Å². The van der Waals surface area contributed by atoms with Gasteiger partial charge >= 0.3 is 0 Å². The molecule has 1 N–H and O–H groups in total. The van der Waals surface area contributed by atoms with Gasteiger partial charge in [-0.25, -0.2) is 9.37 Å². The first kappa shape index (κ1) is 11.5. The van der Waals surface area contributed by atoms with Gasteiger partial charge in [-0.15, -0.1) is 0 Å². The number of pyridine rings is 1. The van der Waals surface area contributed by atoms with Crippen LogP contribution in [0.2, 0.25) is 0 Å². The molecule has 0 bridgehead atoms. The van der Waals surface area contributed by atoms with E-state index < -0.39 is 0 Å². The van der Waals surface area contributed by atoms with Gasteiger partial charge in [-0.05, 0) is 46.3 Å². The quantitative estimate of drug-likeness (QED) is 0.867. The van der Waals surface area contributed by atoms with Crippen molar-refractivity contribution in [2.45, 2.75) is 0 Å². The van der Waals surface area contributed by atoms with E-state index in [1.807, 2.05) is 6.07 Å². The number of halogens is 3. The highest BCUT2D eigenvalue weighted by Crippen LogP contribution is 2.22. The van der Waals surface area contributed by atoms with Crippen molar-refractivity contribution in [3.8, 4) is 0 Å². The van der Waals surface area contributed by atoms with E-state index in [-0.39, 0.29) is 5.82 Å². The van der Waals surface area contributed by atoms with Gasteiger partial charge in [0.15, 0.2) is 0 Å². The normalized spacial score (nSPS) is 10.2. The fourth-order valence-corrected chi connectivity index (χ4v) is 1.75. The lowest BCUT2D eigenvalue weighted by Crippen LogP contribution is -1.95. The maximum Gasteiger partial charge on any atom is 0.147 e. The van der Waals surface area contributed by atoms with Gasteiger partial charge in [0, 0.05) is 15.1 Å². The molecule has 2 aromatic rings. The zero-order valence-electron chi connectivity index (χ0n) is 8.05. The Kier molecular flexibility index (Phi) is 3.56. The molecule has 1 aromatic heterocycles. The predicted molar refractivity (Wildman–Crippen MR) is 69.3 cm³/mol. The molecular formula is C11H7Br2FN2. The molecule has 2 rings (SSSR count). The summed E-state index contributed by atoms with van der Waals surface area (Å²) < 4.78 is 15.1. The van der Waals surface area contributed by atoms with Gasteiger partial charge in [0.25, 0.3) is 0 Å². The summed E-state index contributed by atoms with van der Waals surface area (Å²) in [5, 5.41) is 2.90. The lowest BCUT2D eigenvalue weighted by Gasteiger charge is -2.06. The average Bonchev–Trinajstić information content (AvgIpc) is 2.25. The molecule has 2 nitrogen and oxygen atoms in total. The first-order valence-corrected chi connectivity index (χ1v) is 6.07. The van der Waals surface area contributed by atoms with Gasteiger partial charge in [-0.1, -0.05) is 15.9 Å². The van der Waals surface area contributed by atoms with Crippen molar-refractivity contribution in [2.75, 3.05) is 5.32 Å². The molecule has 0 aliphatic heterocycles. The molecule has 0 spiro atoms. The number of nitrogens with zero attached hydrogens (tertiary/aromatic N) is 1. The molecule has 82 valence electrons. The summed E-state index contributed by atoms with van der Waals surface area (Å²) >= 11 is 6.49. The molecule has 5 heteroatoms. The molecule has 0 atom stereocenters. The Morgan fingerprint density at radius 1 is 1.06 bits per heavy atom. The van der Waals surface area contributed by atoms with Gasteiger partial charge in [-0.3, -0.25) is 0 Å². The maximum absolute atomic E-state index is 13.5. The van der Waals surface area contributed by atoms with Gasteiger partial charge in [0.1, 0.15) is 11.6 Å². The number of aromatic nitrogens is 1. The number of nitrogens with one attached hydrogen (secondary N) is 1. The van der Waals surface area contributed by atoms with E-state index in [1.54, 1.807) is 24.4 Å². The minimum atomic E-state index is -0.320. The van der Waals surface area contributed by atoms with Crippen LogP contribution in [0.4, 0.5) is 15.9 Å². The van der Waals surface area contributed by atoms with Crippen molar-refractivity contribution >= 4 is 43.4 Å². The monoisotopic (exact) mass is 344 g/mol. The minimum absolute atomic E-state index is 0.320. The van der Waals surface area contributed by atoms with Crippen molar-refractivity contribution < 1.29 is 4.39 Å². The third kappa shape index (κ3) is 2.80. The Bertz CT molecular complexity index is 500. The van der Waals surface area contributed by atoms with Gasteiger partial charge < -0.3 is 5.32 Å². The minimum Gasteiger partial charge on any atom is -0.338 e. The molecule has 0 fully saturated rings.